The average molecular weight is 214 g/mol. The lowest BCUT2D eigenvalue weighted by molar-refractivity contribution is -0.142. The van der Waals surface area contributed by atoms with Crippen molar-refractivity contribution in [2.24, 2.45) is 0 Å². The first-order chi connectivity index (χ1) is 5.84. The fourth-order valence-electron chi connectivity index (χ4n) is 0.801. The van der Waals surface area contributed by atoms with E-state index in [-0.39, 0.29) is 0 Å². The van der Waals surface area contributed by atoms with E-state index in [0.29, 0.717) is 6.07 Å². The van der Waals surface area contributed by atoms with Gasteiger partial charge in [0, 0.05) is 4.90 Å². The quantitative estimate of drug-likeness (QED) is 0.497. The molecule has 1 aromatic carbocycles. The van der Waals surface area contributed by atoms with Crippen LogP contribution in [0.25, 0.3) is 0 Å². The molecule has 0 aliphatic heterocycles. The van der Waals surface area contributed by atoms with Crippen LogP contribution in [0.2, 0.25) is 0 Å². The molecule has 0 radical (unpaired) electrons. The smallest absolute Gasteiger partial charge is 0.206 e. The highest BCUT2D eigenvalue weighted by Gasteiger charge is 2.38. The lowest BCUT2D eigenvalue weighted by Crippen LogP contribution is -2.11. The molecule has 0 aliphatic rings. The van der Waals surface area contributed by atoms with E-state index in [0.717, 1.165) is 6.07 Å². The molecule has 1 rings (SSSR count). The van der Waals surface area contributed by atoms with Gasteiger partial charge in [0.1, 0.15) is 11.4 Å². The van der Waals surface area contributed by atoms with Crippen LogP contribution in [-0.2, 0) is 6.18 Å². The van der Waals surface area contributed by atoms with Crippen molar-refractivity contribution < 1.29 is 22.0 Å². The molecular formula is C7H3F5S. The number of benzene rings is 1. The average Bonchev–Trinajstić information content (AvgIpc) is 1.95. The van der Waals surface area contributed by atoms with Crippen LogP contribution in [0, 0.1) is 11.6 Å². The minimum absolute atomic E-state index is 0.522. The SMILES string of the molecule is Fc1ccc(S)c(F)c1C(F)(F)F. The minimum Gasteiger partial charge on any atom is -0.206 e. The largest absolute Gasteiger partial charge is 0.422 e. The number of hydrogen-bond donors (Lipinski definition) is 1. The highest BCUT2D eigenvalue weighted by Crippen LogP contribution is 2.35. The summed E-state index contributed by atoms with van der Waals surface area (Å²) in [6.45, 7) is 0. The summed E-state index contributed by atoms with van der Waals surface area (Å²) in [5.41, 5.74) is -1.90. The Bertz CT molecular complexity index is 330. The van der Waals surface area contributed by atoms with Gasteiger partial charge in [0.15, 0.2) is 5.82 Å². The van der Waals surface area contributed by atoms with E-state index in [1.54, 1.807) is 0 Å². The molecule has 0 N–H and O–H groups in total. The second-order valence-electron chi connectivity index (χ2n) is 2.25. The fourth-order valence-corrected chi connectivity index (χ4v) is 0.988. The van der Waals surface area contributed by atoms with Gasteiger partial charge < -0.3 is 0 Å². The first kappa shape index (κ1) is 10.3. The van der Waals surface area contributed by atoms with Gasteiger partial charge in [-0.2, -0.15) is 13.2 Å². The maximum atomic E-state index is 12.7. The summed E-state index contributed by atoms with van der Waals surface area (Å²) in [7, 11) is 0. The van der Waals surface area contributed by atoms with Crippen LogP contribution in [-0.4, -0.2) is 0 Å². The number of thiol groups is 1. The van der Waals surface area contributed by atoms with Gasteiger partial charge in [0.2, 0.25) is 0 Å². The van der Waals surface area contributed by atoms with Crippen molar-refractivity contribution in [2.45, 2.75) is 11.1 Å². The zero-order chi connectivity index (χ0) is 10.2. The van der Waals surface area contributed by atoms with E-state index in [2.05, 4.69) is 12.6 Å². The van der Waals surface area contributed by atoms with E-state index in [9.17, 15) is 22.0 Å². The van der Waals surface area contributed by atoms with Crippen LogP contribution < -0.4 is 0 Å². The van der Waals surface area contributed by atoms with Crippen molar-refractivity contribution in [2.75, 3.05) is 0 Å². The van der Waals surface area contributed by atoms with Crippen molar-refractivity contribution in [1.29, 1.82) is 0 Å². The Balaban J connectivity index is 3.43. The maximum absolute atomic E-state index is 12.7. The van der Waals surface area contributed by atoms with Gasteiger partial charge in [-0.25, -0.2) is 8.78 Å². The van der Waals surface area contributed by atoms with Crippen LogP contribution in [0.1, 0.15) is 5.56 Å². The molecule has 0 nitrogen and oxygen atoms in total. The van der Waals surface area contributed by atoms with E-state index in [1.165, 1.54) is 0 Å². The molecule has 0 aliphatic carbocycles. The second-order valence-corrected chi connectivity index (χ2v) is 2.74. The summed E-state index contributed by atoms with van der Waals surface area (Å²) in [5.74, 6) is -3.32. The van der Waals surface area contributed by atoms with Crippen LogP contribution >= 0.6 is 12.6 Å². The molecule has 0 aromatic heterocycles. The van der Waals surface area contributed by atoms with Gasteiger partial charge in [-0.1, -0.05) is 0 Å². The summed E-state index contributed by atoms with van der Waals surface area (Å²) >= 11 is 3.40. The van der Waals surface area contributed by atoms with E-state index in [4.69, 9.17) is 0 Å². The molecule has 0 saturated heterocycles. The van der Waals surface area contributed by atoms with Gasteiger partial charge in [0.05, 0.1) is 0 Å². The van der Waals surface area contributed by atoms with Gasteiger partial charge in [0.25, 0.3) is 0 Å². The highest BCUT2D eigenvalue weighted by atomic mass is 32.1. The maximum Gasteiger partial charge on any atom is 0.422 e. The van der Waals surface area contributed by atoms with Crippen molar-refractivity contribution in [3.63, 3.8) is 0 Å². The third kappa shape index (κ3) is 1.93. The molecule has 0 fully saturated rings. The molecule has 72 valence electrons. The molecule has 0 saturated carbocycles. The number of rotatable bonds is 0. The van der Waals surface area contributed by atoms with Gasteiger partial charge in [-0.15, -0.1) is 12.6 Å². The molecule has 6 heteroatoms. The topological polar surface area (TPSA) is 0 Å². The Labute approximate surface area is 75.8 Å². The Morgan fingerprint density at radius 2 is 1.62 bits per heavy atom. The summed E-state index contributed by atoms with van der Waals surface area (Å²) < 4.78 is 61.2. The molecule has 0 unspecified atom stereocenters. The summed E-state index contributed by atoms with van der Waals surface area (Å²) in [4.78, 5) is -0.534. The monoisotopic (exact) mass is 214 g/mol. The van der Waals surface area contributed by atoms with Gasteiger partial charge >= 0.3 is 6.18 Å². The van der Waals surface area contributed by atoms with Crippen LogP contribution in [0.5, 0.6) is 0 Å². The van der Waals surface area contributed by atoms with E-state index < -0.39 is 28.3 Å². The Kier molecular flexibility index (Phi) is 2.51. The third-order valence-corrected chi connectivity index (χ3v) is 1.70. The molecule has 0 spiro atoms. The minimum atomic E-state index is -5.03. The Morgan fingerprint density at radius 1 is 1.08 bits per heavy atom. The Hall–Kier alpha value is -0.780. The van der Waals surface area contributed by atoms with Crippen LogP contribution in [0.15, 0.2) is 17.0 Å². The summed E-state index contributed by atoms with van der Waals surface area (Å²) in [6, 6.07) is 1.34. The second kappa shape index (κ2) is 3.17. The zero-order valence-electron chi connectivity index (χ0n) is 5.99. The Morgan fingerprint density at radius 3 is 2.00 bits per heavy atom. The molecule has 0 amide bonds. The van der Waals surface area contributed by atoms with E-state index >= 15 is 0 Å². The van der Waals surface area contributed by atoms with Crippen molar-refractivity contribution in [3.8, 4) is 0 Å². The van der Waals surface area contributed by atoms with Crippen molar-refractivity contribution >= 4 is 12.6 Å². The van der Waals surface area contributed by atoms with Crippen LogP contribution in [0.3, 0.4) is 0 Å². The first-order valence-corrected chi connectivity index (χ1v) is 3.53. The summed E-state index contributed by atoms with van der Waals surface area (Å²) in [5, 5.41) is 0. The molecule has 0 heterocycles. The normalized spacial score (nSPS) is 11.8. The summed E-state index contributed by atoms with van der Waals surface area (Å²) in [6.07, 6.45) is -5.03. The van der Waals surface area contributed by atoms with Crippen LogP contribution in [0.4, 0.5) is 22.0 Å². The predicted molar refractivity (Wildman–Crippen MR) is 38.6 cm³/mol. The molecule has 13 heavy (non-hydrogen) atoms. The van der Waals surface area contributed by atoms with Gasteiger partial charge in [-0.3, -0.25) is 0 Å². The fraction of sp³-hybridized carbons (Fsp3) is 0.143. The number of alkyl halides is 3. The van der Waals surface area contributed by atoms with Crippen molar-refractivity contribution in [3.05, 3.63) is 29.3 Å². The van der Waals surface area contributed by atoms with Crippen molar-refractivity contribution in [1.82, 2.24) is 0 Å². The molecular weight excluding hydrogens is 211 g/mol. The number of hydrogen-bond acceptors (Lipinski definition) is 1. The van der Waals surface area contributed by atoms with E-state index in [1.807, 2.05) is 0 Å². The predicted octanol–water partition coefficient (Wildman–Crippen LogP) is 3.27. The lowest BCUT2D eigenvalue weighted by Gasteiger charge is -2.09. The molecule has 0 bridgehead atoms. The first-order valence-electron chi connectivity index (χ1n) is 3.08. The third-order valence-electron chi connectivity index (χ3n) is 1.35. The molecule has 0 atom stereocenters. The standard InChI is InChI=1S/C7H3F5S/c8-3-1-2-4(13)6(9)5(3)7(10,11)12/h1-2,13H. The number of halogens is 5. The zero-order valence-corrected chi connectivity index (χ0v) is 6.89. The molecule has 1 aromatic rings. The highest BCUT2D eigenvalue weighted by molar-refractivity contribution is 7.80. The van der Waals surface area contributed by atoms with Gasteiger partial charge in [-0.05, 0) is 12.1 Å². The lowest BCUT2D eigenvalue weighted by atomic mass is 10.2.